The predicted molar refractivity (Wildman–Crippen MR) is 73.4 cm³/mol. The summed E-state index contributed by atoms with van der Waals surface area (Å²) < 4.78 is 1.39. The molecule has 0 fully saturated rings. The van der Waals surface area contributed by atoms with Crippen molar-refractivity contribution in [1.82, 2.24) is 0 Å². The predicted octanol–water partition coefficient (Wildman–Crippen LogP) is 4.00. The second kappa shape index (κ2) is 5.71. The number of halogens is 1. The SMILES string of the molecule is CCc1ccc(C(C)(C)[CH2][Mg][I])cc1. The first kappa shape index (κ1) is 12.8. The molecule has 0 aliphatic carbocycles. The van der Waals surface area contributed by atoms with Gasteiger partial charge in [-0.05, 0) is 23.0 Å². The van der Waals surface area contributed by atoms with Gasteiger partial charge in [0.25, 0.3) is 0 Å². The van der Waals surface area contributed by atoms with Crippen LogP contribution in [0.5, 0.6) is 0 Å². The minimum Gasteiger partial charge on any atom is -0.301 e. The summed E-state index contributed by atoms with van der Waals surface area (Å²) in [4.78, 5) is 0. The summed E-state index contributed by atoms with van der Waals surface area (Å²) in [6, 6.07) is 9.15. The third-order valence-corrected chi connectivity index (χ3v) is 5.92. The smallest absolute Gasteiger partial charge is 0.301 e. The van der Waals surface area contributed by atoms with Crippen LogP contribution in [0, 0.1) is 0 Å². The van der Waals surface area contributed by atoms with Crippen molar-refractivity contribution >= 4 is 35.3 Å². The summed E-state index contributed by atoms with van der Waals surface area (Å²) in [5.74, 6) is 0. The lowest BCUT2D eigenvalue weighted by molar-refractivity contribution is 0.589. The molecular formula is C12H17IMg. The van der Waals surface area contributed by atoms with Gasteiger partial charge in [-0.2, -0.15) is 0 Å². The monoisotopic (exact) mass is 312 g/mol. The van der Waals surface area contributed by atoms with Crippen LogP contribution < -0.4 is 0 Å². The highest BCUT2D eigenvalue weighted by molar-refractivity contribution is 14.1. The third-order valence-electron chi connectivity index (χ3n) is 2.86. The third kappa shape index (κ3) is 3.38. The zero-order chi connectivity index (χ0) is 10.6. The van der Waals surface area contributed by atoms with Crippen LogP contribution in [0.25, 0.3) is 0 Å². The van der Waals surface area contributed by atoms with Crippen molar-refractivity contribution in [2.24, 2.45) is 0 Å². The van der Waals surface area contributed by atoms with Crippen molar-refractivity contribution in [3.05, 3.63) is 35.4 Å². The Bertz CT molecular complexity index is 277. The van der Waals surface area contributed by atoms with E-state index in [9.17, 15) is 0 Å². The van der Waals surface area contributed by atoms with Crippen LogP contribution in [-0.2, 0) is 11.8 Å². The summed E-state index contributed by atoms with van der Waals surface area (Å²) in [7, 11) is 0. The van der Waals surface area contributed by atoms with Gasteiger partial charge in [-0.15, -0.1) is 4.55 Å². The van der Waals surface area contributed by atoms with E-state index in [0.717, 1.165) is 6.42 Å². The Hall–Kier alpha value is 0.716. The molecule has 0 aliphatic rings. The molecule has 0 bridgehead atoms. The summed E-state index contributed by atoms with van der Waals surface area (Å²) in [5.41, 5.74) is 3.33. The lowest BCUT2D eigenvalue weighted by atomic mass is 9.86. The van der Waals surface area contributed by atoms with E-state index in [1.54, 1.807) is 0 Å². The van der Waals surface area contributed by atoms with Gasteiger partial charge in [0.2, 0.25) is 0 Å². The molecule has 0 saturated carbocycles. The molecule has 14 heavy (non-hydrogen) atoms. The Morgan fingerprint density at radius 1 is 1.21 bits per heavy atom. The van der Waals surface area contributed by atoms with Crippen LogP contribution in [0.4, 0.5) is 0 Å². The fourth-order valence-electron chi connectivity index (χ4n) is 1.57. The number of rotatable bonds is 4. The number of hydrogen-bond acceptors (Lipinski definition) is 0. The molecule has 0 spiro atoms. The Balaban J connectivity index is 2.85. The first-order valence-corrected chi connectivity index (χ1v) is 11.4. The lowest BCUT2D eigenvalue weighted by Gasteiger charge is -2.25. The zero-order valence-electron chi connectivity index (χ0n) is 9.31. The van der Waals surface area contributed by atoms with Crippen molar-refractivity contribution in [1.29, 1.82) is 0 Å². The second-order valence-corrected chi connectivity index (χ2v) is 8.49. The van der Waals surface area contributed by atoms with E-state index in [2.05, 4.69) is 63.9 Å². The summed E-state index contributed by atoms with van der Waals surface area (Å²) in [5, 5.41) is 0. The van der Waals surface area contributed by atoms with Crippen LogP contribution >= 0.6 is 18.9 Å². The molecule has 1 aromatic rings. The van der Waals surface area contributed by atoms with E-state index in [0.29, 0.717) is 5.41 Å². The first-order chi connectivity index (χ1) is 6.60. The van der Waals surface area contributed by atoms with E-state index in [1.807, 2.05) is 0 Å². The Morgan fingerprint density at radius 3 is 2.21 bits per heavy atom. The molecule has 2 heteroatoms. The van der Waals surface area contributed by atoms with Crippen LogP contribution in [0.3, 0.4) is 0 Å². The largest absolute Gasteiger partial charge is 0.464 e. The molecule has 0 aliphatic heterocycles. The first-order valence-electron chi connectivity index (χ1n) is 5.25. The molecular weight excluding hydrogens is 295 g/mol. The molecule has 0 aromatic heterocycles. The Labute approximate surface area is 107 Å². The maximum absolute atomic E-state index is 2.59. The minimum atomic E-state index is 0.121. The minimum absolute atomic E-state index is 0.121. The van der Waals surface area contributed by atoms with Gasteiger partial charge in [-0.25, -0.2) is 0 Å². The van der Waals surface area contributed by atoms with Crippen molar-refractivity contribution < 1.29 is 0 Å². The lowest BCUT2D eigenvalue weighted by Crippen LogP contribution is -2.17. The van der Waals surface area contributed by atoms with Crippen LogP contribution in [0.2, 0.25) is 4.55 Å². The van der Waals surface area contributed by atoms with Crippen molar-refractivity contribution in [3.63, 3.8) is 0 Å². The number of benzene rings is 1. The maximum atomic E-state index is 2.59. The van der Waals surface area contributed by atoms with E-state index < -0.39 is 0 Å². The van der Waals surface area contributed by atoms with Gasteiger partial charge in [0.05, 0.1) is 0 Å². The molecule has 0 saturated heterocycles. The summed E-state index contributed by atoms with van der Waals surface area (Å²) >= 11 is 2.71. The van der Waals surface area contributed by atoms with E-state index >= 15 is 0 Å². The molecule has 0 atom stereocenters. The number of aryl methyl sites for hydroxylation is 1. The number of hydrogen-bond donors (Lipinski definition) is 0. The molecule has 74 valence electrons. The molecule has 1 rings (SSSR count). The van der Waals surface area contributed by atoms with E-state index in [1.165, 1.54) is 15.7 Å². The topological polar surface area (TPSA) is 0 Å². The molecule has 0 heterocycles. The highest BCUT2D eigenvalue weighted by Crippen LogP contribution is 2.28. The van der Waals surface area contributed by atoms with Crippen molar-refractivity contribution in [2.45, 2.75) is 37.2 Å². The van der Waals surface area contributed by atoms with Gasteiger partial charge < -0.3 is 18.9 Å². The average molecular weight is 312 g/mol. The molecule has 0 N–H and O–H groups in total. The van der Waals surface area contributed by atoms with Crippen LogP contribution in [-0.4, -0.2) is 16.5 Å². The maximum Gasteiger partial charge on any atom is 0.464 e. The summed E-state index contributed by atoms with van der Waals surface area (Å²) in [6.07, 6.45) is 1.14. The molecule has 0 unspecified atom stereocenters. The van der Waals surface area contributed by atoms with Gasteiger partial charge in [0.1, 0.15) is 0 Å². The van der Waals surface area contributed by atoms with E-state index in [4.69, 9.17) is 0 Å². The fourth-order valence-corrected chi connectivity index (χ4v) is 6.38. The van der Waals surface area contributed by atoms with Gasteiger partial charge in [-0.1, -0.05) is 45.0 Å². The highest BCUT2D eigenvalue weighted by Gasteiger charge is 2.19. The second-order valence-electron chi connectivity index (χ2n) is 4.37. The van der Waals surface area contributed by atoms with E-state index in [-0.39, 0.29) is 16.5 Å². The van der Waals surface area contributed by atoms with Gasteiger partial charge >= 0.3 is 16.5 Å². The van der Waals surface area contributed by atoms with Crippen LogP contribution in [0.15, 0.2) is 24.3 Å². The quantitative estimate of drug-likeness (QED) is 0.582. The van der Waals surface area contributed by atoms with Crippen LogP contribution in [0.1, 0.15) is 31.9 Å². The van der Waals surface area contributed by atoms with Crippen molar-refractivity contribution in [2.75, 3.05) is 0 Å². The highest BCUT2D eigenvalue weighted by atomic mass is 127. The molecule has 1 aromatic carbocycles. The Kier molecular flexibility index (Phi) is 5.21. The summed E-state index contributed by atoms with van der Waals surface area (Å²) in [6.45, 7) is 6.93. The molecule has 0 nitrogen and oxygen atoms in total. The zero-order valence-corrected chi connectivity index (χ0v) is 12.9. The normalized spacial score (nSPS) is 11.1. The van der Waals surface area contributed by atoms with Crippen molar-refractivity contribution in [3.8, 4) is 0 Å². The van der Waals surface area contributed by atoms with Gasteiger partial charge in [0.15, 0.2) is 0 Å². The van der Waals surface area contributed by atoms with Gasteiger partial charge in [0, 0.05) is 0 Å². The standard InChI is InChI=1S/C12H17.HI.Mg/c1-5-10-6-8-11(9-7-10)12(2,3)4;;/h6-9H,2,5H2,1,3-4H3;1H;/q;;+1/p-1. The average Bonchev–Trinajstić information content (AvgIpc) is 2.18. The Morgan fingerprint density at radius 2 is 1.79 bits per heavy atom. The molecule has 0 radical (unpaired) electrons. The fraction of sp³-hybridized carbons (Fsp3) is 0.500. The molecule has 0 amide bonds. The van der Waals surface area contributed by atoms with Gasteiger partial charge in [-0.3, -0.25) is 0 Å².